The molecule has 0 rings (SSSR count). The van der Waals surface area contributed by atoms with Gasteiger partial charge in [-0.05, 0) is 0 Å². The summed E-state index contributed by atoms with van der Waals surface area (Å²) in [6.07, 6.45) is 0. The monoisotopic (exact) mass is 212 g/mol. The molecular formula is C5H15ClGeSi. The molecule has 0 atom stereocenters. The Morgan fingerprint density at radius 2 is 1.12 bits per heavy atom. The van der Waals surface area contributed by atoms with Crippen molar-refractivity contribution in [3.63, 3.8) is 0 Å². The standard InChI is InChI=1S/C3H9Ge.C2H6ClSi/c2*1-4(2)3/h1-3H3;1-2H3. The molecule has 0 aliphatic heterocycles. The summed E-state index contributed by atoms with van der Waals surface area (Å²) < 4.78 is 0. The van der Waals surface area contributed by atoms with E-state index in [9.17, 15) is 0 Å². The molecule has 0 bridgehead atoms. The Labute approximate surface area is 64.0 Å². The maximum absolute atomic E-state index is 5.38. The zero-order valence-corrected chi connectivity index (χ0v) is 10.2. The molecule has 8 heavy (non-hydrogen) atoms. The molecule has 0 aliphatic rings. The number of hydrogen-bond donors (Lipinski definition) is 0. The van der Waals surface area contributed by atoms with E-state index in [2.05, 4.69) is 17.3 Å². The molecule has 3 heteroatoms. The van der Waals surface area contributed by atoms with Crippen molar-refractivity contribution in [2.24, 2.45) is 0 Å². The second-order valence-electron chi connectivity index (χ2n) is 2.38. The number of hydrogen-bond acceptors (Lipinski definition) is 0. The first-order valence-corrected chi connectivity index (χ1v) is 12.5. The van der Waals surface area contributed by atoms with Gasteiger partial charge in [0, 0.05) is 0 Å². The summed E-state index contributed by atoms with van der Waals surface area (Å²) >= 11 is 5.04. The molecule has 0 aliphatic carbocycles. The van der Waals surface area contributed by atoms with Crippen LogP contribution >= 0.6 is 11.1 Å². The van der Waals surface area contributed by atoms with Crippen molar-refractivity contribution in [1.82, 2.24) is 0 Å². The third-order valence-corrected chi connectivity index (χ3v) is 0. The minimum atomic E-state index is -0.407. The number of halogens is 1. The topological polar surface area (TPSA) is 0 Å². The molecule has 0 unspecified atom stereocenters. The van der Waals surface area contributed by atoms with Crippen molar-refractivity contribution in [1.29, 1.82) is 0 Å². The van der Waals surface area contributed by atoms with Gasteiger partial charge in [0.05, 0.1) is 0 Å². The fourth-order valence-electron chi connectivity index (χ4n) is 0. The molecule has 0 saturated carbocycles. The Morgan fingerprint density at radius 3 is 1.12 bits per heavy atom. The Morgan fingerprint density at radius 1 is 1.12 bits per heavy atom. The summed E-state index contributed by atoms with van der Waals surface area (Å²) in [6.45, 7) is 4.07. The van der Waals surface area contributed by atoms with Gasteiger partial charge in [0.1, 0.15) is 0 Å². The fourth-order valence-corrected chi connectivity index (χ4v) is 0. The van der Waals surface area contributed by atoms with E-state index < -0.39 is 8.11 Å². The second-order valence-corrected chi connectivity index (χ2v) is 12.7. The summed E-state index contributed by atoms with van der Waals surface area (Å²) in [4.78, 5) is 0. The first kappa shape index (κ1) is 11.8. The van der Waals surface area contributed by atoms with Crippen molar-refractivity contribution < 1.29 is 0 Å². The van der Waals surface area contributed by atoms with E-state index in [1.807, 2.05) is 13.1 Å². The Hall–Kier alpha value is 1.05. The average molecular weight is 211 g/mol. The molecular weight excluding hydrogens is 196 g/mol. The third-order valence-electron chi connectivity index (χ3n) is 0. The van der Waals surface area contributed by atoms with E-state index >= 15 is 0 Å². The first-order chi connectivity index (χ1) is 3.46. The van der Waals surface area contributed by atoms with Gasteiger partial charge < -0.3 is 0 Å². The van der Waals surface area contributed by atoms with Gasteiger partial charge in [-0.25, -0.2) is 0 Å². The van der Waals surface area contributed by atoms with Crippen LogP contribution in [0, 0.1) is 0 Å². The van der Waals surface area contributed by atoms with Gasteiger partial charge in [0.15, 0.2) is 8.11 Å². The predicted octanol–water partition coefficient (Wildman–Crippen LogP) is 2.85. The van der Waals surface area contributed by atoms with Crippen LogP contribution in [0.5, 0.6) is 0 Å². The summed E-state index contributed by atoms with van der Waals surface area (Å²) in [5.74, 6) is 7.00. The molecule has 50 valence electrons. The van der Waals surface area contributed by atoms with Crippen LogP contribution in [0.4, 0.5) is 0 Å². The SMILES string of the molecule is C[Si](C)Cl.[CH3][Ge]([CH3])[CH3]. The van der Waals surface area contributed by atoms with Crippen LogP contribution in [0.1, 0.15) is 0 Å². The molecule has 0 fully saturated rings. The molecule has 0 aromatic carbocycles. The molecule has 0 aromatic rings. The Kier molecular flexibility index (Phi) is 11.9. The molecule has 0 aromatic heterocycles. The van der Waals surface area contributed by atoms with Gasteiger partial charge in [0.25, 0.3) is 0 Å². The Bertz CT molecular complexity index is 27.9. The van der Waals surface area contributed by atoms with Gasteiger partial charge in [-0.2, -0.15) is 11.1 Å². The van der Waals surface area contributed by atoms with Crippen LogP contribution in [0.25, 0.3) is 0 Å². The van der Waals surface area contributed by atoms with Crippen LogP contribution in [-0.4, -0.2) is 22.5 Å². The average Bonchev–Trinajstić information content (AvgIpc) is 1.25. The quantitative estimate of drug-likeness (QED) is 0.427. The summed E-state index contributed by atoms with van der Waals surface area (Å²) in [5.41, 5.74) is 0. The summed E-state index contributed by atoms with van der Waals surface area (Å²) in [7, 11) is -0.407. The Balaban J connectivity index is 0. The zero-order valence-electron chi connectivity index (χ0n) is 6.38. The van der Waals surface area contributed by atoms with Crippen LogP contribution in [0.2, 0.25) is 30.4 Å². The van der Waals surface area contributed by atoms with Crippen molar-refractivity contribution in [2.45, 2.75) is 30.4 Å². The predicted molar refractivity (Wildman–Crippen MR) is 46.7 cm³/mol. The van der Waals surface area contributed by atoms with Gasteiger partial charge in [0.2, 0.25) is 0 Å². The summed E-state index contributed by atoms with van der Waals surface area (Å²) in [6, 6.07) is 0. The van der Waals surface area contributed by atoms with Crippen molar-refractivity contribution in [3.05, 3.63) is 0 Å². The van der Waals surface area contributed by atoms with Crippen LogP contribution in [0.3, 0.4) is 0 Å². The number of rotatable bonds is 0. The molecule has 0 N–H and O–H groups in total. The molecule has 2 radical (unpaired) electrons. The second kappa shape index (κ2) is 8.05. The van der Waals surface area contributed by atoms with Crippen molar-refractivity contribution >= 4 is 33.5 Å². The maximum atomic E-state index is 5.38. The van der Waals surface area contributed by atoms with Crippen LogP contribution in [0.15, 0.2) is 0 Å². The van der Waals surface area contributed by atoms with Gasteiger partial charge in [-0.1, -0.05) is 13.1 Å². The van der Waals surface area contributed by atoms with E-state index in [4.69, 9.17) is 11.1 Å². The molecule has 0 nitrogen and oxygen atoms in total. The molecule has 0 spiro atoms. The van der Waals surface area contributed by atoms with E-state index in [-0.39, 0.29) is 14.3 Å². The molecule has 0 saturated heterocycles. The van der Waals surface area contributed by atoms with Crippen molar-refractivity contribution in [3.8, 4) is 0 Å². The van der Waals surface area contributed by atoms with Crippen molar-refractivity contribution in [2.75, 3.05) is 0 Å². The van der Waals surface area contributed by atoms with Crippen LogP contribution in [-0.2, 0) is 0 Å². The van der Waals surface area contributed by atoms with Crippen LogP contribution < -0.4 is 0 Å². The zero-order chi connectivity index (χ0) is 7.15. The van der Waals surface area contributed by atoms with E-state index in [1.54, 1.807) is 0 Å². The molecule has 0 heterocycles. The third kappa shape index (κ3) is 234. The normalized spacial score (nSPS) is 9.00. The molecule has 0 amide bonds. The van der Waals surface area contributed by atoms with E-state index in [0.717, 1.165) is 0 Å². The van der Waals surface area contributed by atoms with Gasteiger partial charge in [-0.15, -0.1) is 0 Å². The van der Waals surface area contributed by atoms with Gasteiger partial charge >= 0.3 is 31.6 Å². The fraction of sp³-hybridized carbons (Fsp3) is 1.00. The summed E-state index contributed by atoms with van der Waals surface area (Å²) in [5, 5.41) is 0. The van der Waals surface area contributed by atoms with Gasteiger partial charge in [-0.3, -0.25) is 0 Å². The minimum absolute atomic E-state index is 0.333. The van der Waals surface area contributed by atoms with E-state index in [0.29, 0.717) is 0 Å². The van der Waals surface area contributed by atoms with E-state index in [1.165, 1.54) is 0 Å². The first-order valence-electron chi connectivity index (χ1n) is 2.69.